The summed E-state index contributed by atoms with van der Waals surface area (Å²) in [5.74, 6) is 0.0832. The summed E-state index contributed by atoms with van der Waals surface area (Å²) in [6.45, 7) is 6.39. The molecule has 21 heavy (non-hydrogen) atoms. The minimum Gasteiger partial charge on any atom is -0.598 e. The minimum absolute atomic E-state index is 0.0832. The Kier molecular flexibility index (Phi) is 6.64. The highest BCUT2D eigenvalue weighted by Crippen LogP contribution is 2.26. The Hall–Kier alpha value is -1.11. The van der Waals surface area contributed by atoms with Crippen LogP contribution in [0.5, 0.6) is 5.75 Å². The summed E-state index contributed by atoms with van der Waals surface area (Å²) in [7, 11) is 0. The molecule has 0 saturated heterocycles. The summed E-state index contributed by atoms with van der Waals surface area (Å²) in [4.78, 5) is 0. The van der Waals surface area contributed by atoms with E-state index in [1.807, 2.05) is 20.8 Å². The lowest BCUT2D eigenvalue weighted by atomic mass is 10.0. The predicted octanol–water partition coefficient (Wildman–Crippen LogP) is 3.96. The van der Waals surface area contributed by atoms with E-state index in [9.17, 15) is 13.3 Å². The molecule has 0 heterocycles. The molecule has 0 spiro atoms. The Balaban J connectivity index is 2.92. The van der Waals surface area contributed by atoms with Crippen molar-refractivity contribution in [3.63, 3.8) is 0 Å². The number of hydrogen-bond acceptors (Lipinski definition) is 3. The van der Waals surface area contributed by atoms with Crippen molar-refractivity contribution in [3.8, 4) is 5.75 Å². The summed E-state index contributed by atoms with van der Waals surface area (Å²) >= 11 is -1.27. The first-order valence-electron chi connectivity index (χ1n) is 6.57. The standard InChI is InChI=1S/C15H21F2NO2S/c1-5-7-13(18-21(19)15(2,3)4)11-8-6-9-12(10-11)20-14(16)17/h5-6,8-10,13-14,18H,1,7H2,2-4H3. The molecule has 0 aliphatic carbocycles. The first kappa shape index (κ1) is 17.9. The van der Waals surface area contributed by atoms with Crippen LogP contribution in [0.25, 0.3) is 0 Å². The third kappa shape index (κ3) is 6.03. The van der Waals surface area contributed by atoms with Crippen molar-refractivity contribution in [2.45, 2.75) is 44.6 Å². The zero-order chi connectivity index (χ0) is 16.0. The number of nitrogens with one attached hydrogen (secondary N) is 1. The molecule has 1 aromatic rings. The molecule has 1 N–H and O–H groups in total. The molecule has 1 aromatic carbocycles. The third-order valence-electron chi connectivity index (χ3n) is 2.69. The van der Waals surface area contributed by atoms with E-state index in [0.717, 1.165) is 5.56 Å². The highest BCUT2D eigenvalue weighted by atomic mass is 32.2. The fourth-order valence-electron chi connectivity index (χ4n) is 1.63. The molecule has 1 rings (SSSR count). The van der Waals surface area contributed by atoms with E-state index in [1.165, 1.54) is 12.1 Å². The van der Waals surface area contributed by atoms with E-state index in [0.29, 0.717) is 6.42 Å². The van der Waals surface area contributed by atoms with Gasteiger partial charge in [0.25, 0.3) is 0 Å². The van der Waals surface area contributed by atoms with Crippen molar-refractivity contribution in [1.82, 2.24) is 4.72 Å². The minimum atomic E-state index is -2.87. The molecule has 0 aliphatic rings. The zero-order valence-electron chi connectivity index (χ0n) is 12.4. The molecule has 0 aliphatic heterocycles. The maximum atomic E-state index is 12.3. The van der Waals surface area contributed by atoms with Gasteiger partial charge in [-0.2, -0.15) is 8.78 Å². The van der Waals surface area contributed by atoms with Crippen LogP contribution >= 0.6 is 0 Å². The van der Waals surface area contributed by atoms with Crippen molar-refractivity contribution < 1.29 is 18.1 Å². The maximum Gasteiger partial charge on any atom is 0.387 e. The largest absolute Gasteiger partial charge is 0.598 e. The molecule has 0 aromatic heterocycles. The summed E-state index contributed by atoms with van der Waals surface area (Å²) in [5.41, 5.74) is 0.727. The fraction of sp³-hybridized carbons (Fsp3) is 0.467. The van der Waals surface area contributed by atoms with Gasteiger partial charge in [-0.1, -0.05) is 18.2 Å². The van der Waals surface area contributed by atoms with Gasteiger partial charge >= 0.3 is 6.61 Å². The molecular weight excluding hydrogens is 296 g/mol. The molecule has 0 bridgehead atoms. The zero-order valence-corrected chi connectivity index (χ0v) is 13.3. The fourth-order valence-corrected chi connectivity index (χ4v) is 2.48. The van der Waals surface area contributed by atoms with E-state index in [4.69, 9.17) is 0 Å². The molecule has 0 amide bonds. The number of ether oxygens (including phenoxy) is 1. The summed E-state index contributed by atoms with van der Waals surface area (Å²) < 4.78 is 43.7. The number of hydrogen-bond donors (Lipinski definition) is 1. The molecular formula is C15H21F2NO2S. The van der Waals surface area contributed by atoms with Crippen LogP contribution in [-0.4, -0.2) is 15.9 Å². The average Bonchev–Trinajstić information content (AvgIpc) is 2.36. The highest BCUT2D eigenvalue weighted by Gasteiger charge is 2.29. The topological polar surface area (TPSA) is 44.3 Å². The van der Waals surface area contributed by atoms with E-state index in [1.54, 1.807) is 18.2 Å². The van der Waals surface area contributed by atoms with Gasteiger partial charge in [0.05, 0.1) is 6.04 Å². The molecule has 2 atom stereocenters. The Morgan fingerprint density at radius 2 is 2.10 bits per heavy atom. The second-order valence-corrected chi connectivity index (χ2v) is 7.52. The third-order valence-corrected chi connectivity index (χ3v) is 4.30. The van der Waals surface area contributed by atoms with Gasteiger partial charge in [0.15, 0.2) is 0 Å². The SMILES string of the molecule is C=CCC(N[S+]([O-])C(C)(C)C)c1cccc(OC(F)F)c1. The van der Waals surface area contributed by atoms with Crippen LogP contribution in [0.4, 0.5) is 8.78 Å². The Morgan fingerprint density at radius 3 is 2.62 bits per heavy atom. The van der Waals surface area contributed by atoms with Crippen LogP contribution in [-0.2, 0) is 11.4 Å². The molecule has 6 heteroatoms. The number of rotatable bonds is 7. The van der Waals surface area contributed by atoms with Crippen LogP contribution in [0.3, 0.4) is 0 Å². The molecule has 2 unspecified atom stereocenters. The van der Waals surface area contributed by atoms with Gasteiger partial charge in [0.2, 0.25) is 0 Å². The molecule has 0 fully saturated rings. The van der Waals surface area contributed by atoms with Crippen molar-refractivity contribution >= 4 is 11.4 Å². The van der Waals surface area contributed by atoms with Gasteiger partial charge in [-0.25, -0.2) is 0 Å². The van der Waals surface area contributed by atoms with Crippen molar-refractivity contribution in [3.05, 3.63) is 42.5 Å². The van der Waals surface area contributed by atoms with Crippen LogP contribution in [0.15, 0.2) is 36.9 Å². The summed E-state index contributed by atoms with van der Waals surface area (Å²) in [6.07, 6.45) is 2.22. The monoisotopic (exact) mass is 317 g/mol. The lowest BCUT2D eigenvalue weighted by Gasteiger charge is -2.27. The first-order chi connectivity index (χ1) is 9.74. The summed E-state index contributed by atoms with van der Waals surface area (Å²) in [5, 5.41) is 0. The Labute approximate surface area is 127 Å². The lowest BCUT2D eigenvalue weighted by Crippen LogP contribution is -2.41. The smallest absolute Gasteiger partial charge is 0.387 e. The molecule has 118 valence electrons. The van der Waals surface area contributed by atoms with Crippen LogP contribution in [0.1, 0.15) is 38.8 Å². The highest BCUT2D eigenvalue weighted by molar-refractivity contribution is 7.90. The van der Waals surface area contributed by atoms with Crippen molar-refractivity contribution in [1.29, 1.82) is 0 Å². The normalized spacial score (nSPS) is 14.8. The van der Waals surface area contributed by atoms with Gasteiger partial charge in [0.1, 0.15) is 10.5 Å². The number of alkyl halides is 2. The van der Waals surface area contributed by atoms with Gasteiger partial charge in [0, 0.05) is 11.4 Å². The van der Waals surface area contributed by atoms with Gasteiger partial charge in [-0.15, -0.1) is 11.3 Å². The first-order valence-corrected chi connectivity index (χ1v) is 7.72. The average molecular weight is 317 g/mol. The molecule has 3 nitrogen and oxygen atoms in total. The van der Waals surface area contributed by atoms with Gasteiger partial charge < -0.3 is 9.29 Å². The number of halogens is 2. The summed E-state index contributed by atoms with van der Waals surface area (Å²) in [6, 6.07) is 6.11. The van der Waals surface area contributed by atoms with E-state index < -0.39 is 22.7 Å². The lowest BCUT2D eigenvalue weighted by molar-refractivity contribution is -0.0499. The van der Waals surface area contributed by atoms with Crippen molar-refractivity contribution in [2.24, 2.45) is 0 Å². The van der Waals surface area contributed by atoms with Crippen LogP contribution in [0, 0.1) is 0 Å². The van der Waals surface area contributed by atoms with Crippen molar-refractivity contribution in [2.75, 3.05) is 0 Å². The van der Waals surface area contributed by atoms with E-state index in [-0.39, 0.29) is 11.8 Å². The van der Waals surface area contributed by atoms with Gasteiger partial charge in [-0.05, 0) is 44.9 Å². The number of benzene rings is 1. The quantitative estimate of drug-likeness (QED) is 0.611. The second kappa shape index (κ2) is 7.77. The second-order valence-electron chi connectivity index (χ2n) is 5.53. The molecule has 0 saturated carbocycles. The Bertz CT molecular complexity index is 463. The van der Waals surface area contributed by atoms with Gasteiger partial charge in [-0.3, -0.25) is 0 Å². The predicted molar refractivity (Wildman–Crippen MR) is 81.7 cm³/mol. The van der Waals surface area contributed by atoms with Crippen LogP contribution < -0.4 is 9.46 Å². The van der Waals surface area contributed by atoms with Crippen LogP contribution in [0.2, 0.25) is 0 Å². The molecule has 0 radical (unpaired) electrons. The van der Waals surface area contributed by atoms with E-state index >= 15 is 0 Å². The Morgan fingerprint density at radius 1 is 1.43 bits per heavy atom. The van der Waals surface area contributed by atoms with E-state index in [2.05, 4.69) is 16.0 Å². The maximum absolute atomic E-state index is 12.3.